The number of aromatic nitrogens is 6. The van der Waals surface area contributed by atoms with Crippen LogP contribution in [0.1, 0.15) is 48.6 Å². The zero-order chi connectivity index (χ0) is 30.6. The second-order valence-electron chi connectivity index (χ2n) is 10.9. The van der Waals surface area contributed by atoms with Crippen molar-refractivity contribution in [3.63, 3.8) is 0 Å². The van der Waals surface area contributed by atoms with E-state index in [0.29, 0.717) is 34.2 Å². The number of rotatable bonds is 8. The van der Waals surface area contributed by atoms with E-state index >= 15 is 0 Å². The summed E-state index contributed by atoms with van der Waals surface area (Å²) in [7, 11) is 0. The summed E-state index contributed by atoms with van der Waals surface area (Å²) in [5.74, 6) is 1.29. The molecule has 0 aliphatic carbocycles. The summed E-state index contributed by atoms with van der Waals surface area (Å²) in [6.07, 6.45) is 4.91. The largest absolute Gasteiger partial charge is 0.458 e. The molecule has 5 heterocycles. The molecule has 0 amide bonds. The summed E-state index contributed by atoms with van der Waals surface area (Å²) in [6, 6.07) is 19.4. The number of anilines is 2. The Balaban J connectivity index is 1.22. The third-order valence-electron chi connectivity index (χ3n) is 7.43. The number of ether oxygens (including phenoxy) is 1. The van der Waals surface area contributed by atoms with E-state index in [2.05, 4.69) is 42.3 Å². The second kappa shape index (κ2) is 12.4. The molecule has 12 nitrogen and oxygen atoms in total. The summed E-state index contributed by atoms with van der Waals surface area (Å²) in [5, 5.41) is 12.5. The van der Waals surface area contributed by atoms with Crippen molar-refractivity contribution >= 4 is 28.8 Å². The number of nitrogens with zero attached hydrogens (tertiary/aromatic N) is 8. The molecule has 0 radical (unpaired) electrons. The molecular formula is C32H32N10O2. The minimum absolute atomic E-state index is 0.167. The van der Waals surface area contributed by atoms with Crippen LogP contribution in [0, 0.1) is 11.3 Å². The van der Waals surface area contributed by atoms with Gasteiger partial charge >= 0.3 is 5.97 Å². The van der Waals surface area contributed by atoms with Crippen LogP contribution in [0.4, 0.5) is 11.6 Å². The van der Waals surface area contributed by atoms with Crippen molar-refractivity contribution in [3.8, 4) is 23.1 Å². The van der Waals surface area contributed by atoms with Gasteiger partial charge in [0.25, 0.3) is 0 Å². The van der Waals surface area contributed by atoms with Gasteiger partial charge in [-0.15, -0.1) is 0 Å². The van der Waals surface area contributed by atoms with Gasteiger partial charge in [-0.05, 0) is 74.7 Å². The van der Waals surface area contributed by atoms with Crippen molar-refractivity contribution in [2.24, 2.45) is 0 Å². The number of nitriles is 1. The highest BCUT2D eigenvalue weighted by Crippen LogP contribution is 2.31. The molecule has 0 saturated carbocycles. The van der Waals surface area contributed by atoms with Gasteiger partial charge in [-0.3, -0.25) is 9.47 Å². The van der Waals surface area contributed by atoms with E-state index in [9.17, 15) is 4.79 Å². The zero-order valence-corrected chi connectivity index (χ0v) is 24.5. The maximum Gasteiger partial charge on any atom is 0.357 e. The predicted octanol–water partition coefficient (Wildman–Crippen LogP) is 4.37. The molecule has 12 heteroatoms. The highest BCUT2D eigenvalue weighted by Gasteiger charge is 2.22. The van der Waals surface area contributed by atoms with Crippen molar-refractivity contribution in [2.45, 2.75) is 45.4 Å². The lowest BCUT2D eigenvalue weighted by Gasteiger charge is -2.32. The topological polar surface area (TPSA) is 161 Å². The predicted molar refractivity (Wildman–Crippen MR) is 166 cm³/mol. The third-order valence-corrected chi connectivity index (χ3v) is 7.43. The number of piperidine rings is 1. The van der Waals surface area contributed by atoms with Crippen molar-refractivity contribution < 1.29 is 9.53 Å². The molecule has 0 atom stereocenters. The fraction of sp³-hybridized carbons (Fsp3) is 0.281. The summed E-state index contributed by atoms with van der Waals surface area (Å²) in [4.78, 5) is 37.0. The molecule has 0 spiro atoms. The first-order valence-corrected chi connectivity index (χ1v) is 14.5. The molecular weight excluding hydrogens is 556 g/mol. The molecule has 3 N–H and O–H groups in total. The molecule has 1 fully saturated rings. The average Bonchev–Trinajstić information content (AvgIpc) is 3.41. The Bertz CT molecular complexity index is 1840. The Labute approximate surface area is 254 Å². The first kappa shape index (κ1) is 28.7. The average molecular weight is 589 g/mol. The second-order valence-corrected chi connectivity index (χ2v) is 10.9. The van der Waals surface area contributed by atoms with E-state index < -0.39 is 5.97 Å². The van der Waals surface area contributed by atoms with Crippen LogP contribution < -0.4 is 11.1 Å². The van der Waals surface area contributed by atoms with Crippen LogP contribution >= 0.6 is 0 Å². The maximum atomic E-state index is 12.7. The van der Waals surface area contributed by atoms with Gasteiger partial charge in [-0.1, -0.05) is 12.1 Å². The van der Waals surface area contributed by atoms with E-state index in [-0.39, 0.29) is 23.7 Å². The molecule has 222 valence electrons. The normalized spacial score (nSPS) is 14.0. The number of carbonyl (C=O) groups excluding carboxylic acids is 1. The molecule has 4 aromatic heterocycles. The van der Waals surface area contributed by atoms with Crippen LogP contribution in [0.15, 0.2) is 67.0 Å². The van der Waals surface area contributed by atoms with E-state index in [1.54, 1.807) is 44.4 Å². The zero-order valence-electron chi connectivity index (χ0n) is 24.5. The van der Waals surface area contributed by atoms with Crippen LogP contribution in [-0.4, -0.2) is 65.6 Å². The van der Waals surface area contributed by atoms with Crippen LogP contribution in [0.25, 0.3) is 28.2 Å². The van der Waals surface area contributed by atoms with Gasteiger partial charge in [-0.2, -0.15) is 5.26 Å². The smallest absolute Gasteiger partial charge is 0.357 e. The monoisotopic (exact) mass is 588 g/mol. The first-order chi connectivity index (χ1) is 21.4. The lowest BCUT2D eigenvalue weighted by Crippen LogP contribution is -2.38. The Hall–Kier alpha value is -5.41. The Morgan fingerprint density at radius 2 is 1.84 bits per heavy atom. The van der Waals surface area contributed by atoms with E-state index in [1.165, 1.54) is 5.56 Å². The molecule has 1 aliphatic heterocycles. The van der Waals surface area contributed by atoms with Gasteiger partial charge in [0.15, 0.2) is 17.2 Å². The Morgan fingerprint density at radius 3 is 2.57 bits per heavy atom. The highest BCUT2D eigenvalue weighted by atomic mass is 16.5. The number of benzene rings is 1. The SMILES string of the molecule is CC(C)OC(=O)c1ccc2nc(-c3cccnc3N)n(-c3ccc(CN4CCC(Nc5ccnc(C#N)n5)CC4)cc3)c2n1. The summed E-state index contributed by atoms with van der Waals surface area (Å²) < 4.78 is 7.29. The van der Waals surface area contributed by atoms with E-state index in [1.807, 2.05) is 34.9 Å². The lowest BCUT2D eigenvalue weighted by molar-refractivity contribution is 0.0371. The number of nitrogens with two attached hydrogens (primary N) is 1. The maximum absolute atomic E-state index is 12.7. The molecule has 6 rings (SSSR count). The number of nitrogen functional groups attached to an aromatic ring is 1. The quantitative estimate of drug-likeness (QED) is 0.248. The number of hydrogen-bond acceptors (Lipinski definition) is 11. The first-order valence-electron chi connectivity index (χ1n) is 14.5. The lowest BCUT2D eigenvalue weighted by atomic mass is 10.0. The standard InChI is InChI=1S/C32H32N10O2/c1-20(2)44-32(43)26-10-9-25-31(39-26)42(30(38-25)24-4-3-14-36-29(24)34)23-7-5-21(6-8-23)19-41-16-12-22(13-17-41)37-27-11-15-35-28(18-33)40-27/h3-11,14-15,20,22H,12-13,16-17,19H2,1-2H3,(H2,34,36)(H,35,37,40). The van der Waals surface area contributed by atoms with Crippen LogP contribution in [-0.2, 0) is 11.3 Å². The minimum atomic E-state index is -0.490. The summed E-state index contributed by atoms with van der Waals surface area (Å²) in [5.41, 5.74) is 10.3. The van der Waals surface area contributed by atoms with E-state index in [0.717, 1.165) is 38.2 Å². The molecule has 1 aromatic carbocycles. The van der Waals surface area contributed by atoms with Gasteiger partial charge in [0.2, 0.25) is 5.82 Å². The number of likely N-dealkylation sites (tertiary alicyclic amines) is 1. The molecule has 1 aliphatic rings. The van der Waals surface area contributed by atoms with Crippen molar-refractivity contribution in [1.82, 2.24) is 34.4 Å². The minimum Gasteiger partial charge on any atom is -0.458 e. The molecule has 44 heavy (non-hydrogen) atoms. The fourth-order valence-electron chi connectivity index (χ4n) is 5.32. The van der Waals surface area contributed by atoms with Gasteiger partial charge in [0, 0.05) is 43.8 Å². The van der Waals surface area contributed by atoms with E-state index in [4.69, 9.17) is 20.7 Å². The Morgan fingerprint density at radius 1 is 1.05 bits per heavy atom. The number of hydrogen-bond donors (Lipinski definition) is 2. The number of carbonyl (C=O) groups is 1. The summed E-state index contributed by atoms with van der Waals surface area (Å²) in [6.45, 7) is 6.29. The van der Waals surface area contributed by atoms with Crippen LogP contribution in [0.3, 0.4) is 0 Å². The van der Waals surface area contributed by atoms with Gasteiger partial charge < -0.3 is 15.8 Å². The van der Waals surface area contributed by atoms with Gasteiger partial charge in [0.05, 0.1) is 11.7 Å². The fourth-order valence-corrected chi connectivity index (χ4v) is 5.32. The third kappa shape index (κ3) is 6.18. The van der Waals surface area contributed by atoms with Gasteiger partial charge in [-0.25, -0.2) is 29.7 Å². The van der Waals surface area contributed by atoms with Crippen molar-refractivity contribution in [3.05, 3.63) is 84.1 Å². The van der Waals surface area contributed by atoms with Crippen LogP contribution in [0.5, 0.6) is 0 Å². The highest BCUT2D eigenvalue weighted by molar-refractivity contribution is 5.91. The van der Waals surface area contributed by atoms with Gasteiger partial charge in [0.1, 0.15) is 23.2 Å². The van der Waals surface area contributed by atoms with Crippen LogP contribution in [0.2, 0.25) is 0 Å². The van der Waals surface area contributed by atoms with Crippen molar-refractivity contribution in [1.29, 1.82) is 5.26 Å². The number of pyridine rings is 2. The molecule has 1 saturated heterocycles. The number of esters is 1. The summed E-state index contributed by atoms with van der Waals surface area (Å²) >= 11 is 0. The molecule has 0 bridgehead atoms. The number of nitrogens with one attached hydrogen (secondary N) is 1. The number of imidazole rings is 1. The molecule has 5 aromatic rings. The number of fused-ring (bicyclic) bond motifs is 1. The Kier molecular flexibility index (Phi) is 8.12. The molecule has 0 unspecified atom stereocenters. The van der Waals surface area contributed by atoms with Crippen molar-refractivity contribution in [2.75, 3.05) is 24.1 Å².